The highest BCUT2D eigenvalue weighted by Crippen LogP contribution is 2.27. The highest BCUT2D eigenvalue weighted by molar-refractivity contribution is 5.95. The van der Waals surface area contributed by atoms with E-state index in [2.05, 4.69) is 5.32 Å². The summed E-state index contributed by atoms with van der Waals surface area (Å²) in [6.07, 6.45) is 0. The quantitative estimate of drug-likeness (QED) is 0.820. The van der Waals surface area contributed by atoms with Gasteiger partial charge in [-0.3, -0.25) is 4.79 Å². The fraction of sp³-hybridized carbons (Fsp3) is 0.316. The lowest BCUT2D eigenvalue weighted by Gasteiger charge is -2.16. The largest absolute Gasteiger partial charge is 0.492 e. The van der Waals surface area contributed by atoms with Gasteiger partial charge in [-0.2, -0.15) is 0 Å². The molecule has 0 saturated carbocycles. The molecule has 2 rings (SSSR count). The molecule has 0 radical (unpaired) electrons. The Morgan fingerprint density at radius 1 is 1.12 bits per heavy atom. The molecule has 0 saturated heterocycles. The van der Waals surface area contributed by atoms with Gasteiger partial charge in [0.15, 0.2) is 0 Å². The number of aliphatic hydroxyl groups is 1. The molecule has 0 unspecified atom stereocenters. The summed E-state index contributed by atoms with van der Waals surface area (Å²) in [4.78, 5) is 13.6. The highest BCUT2D eigenvalue weighted by Gasteiger charge is 2.12. The van der Waals surface area contributed by atoms with Crippen LogP contribution >= 0.6 is 0 Å². The van der Waals surface area contributed by atoms with Gasteiger partial charge in [0.25, 0.3) is 5.91 Å². The van der Waals surface area contributed by atoms with E-state index in [0.717, 1.165) is 16.8 Å². The van der Waals surface area contributed by atoms with Crippen LogP contribution in [0, 0.1) is 0 Å². The average Bonchev–Trinajstić information content (AvgIpc) is 2.60. The Labute approximate surface area is 142 Å². The molecule has 0 aromatic heterocycles. The number of carbonyl (C=O) groups is 1. The van der Waals surface area contributed by atoms with Crippen molar-refractivity contribution in [3.8, 4) is 5.75 Å². The van der Waals surface area contributed by atoms with E-state index in [-0.39, 0.29) is 12.5 Å². The fourth-order valence-corrected chi connectivity index (χ4v) is 2.29. The van der Waals surface area contributed by atoms with Crippen LogP contribution in [0.25, 0.3) is 0 Å². The molecule has 0 spiro atoms. The summed E-state index contributed by atoms with van der Waals surface area (Å²) in [5.41, 5.74) is 3.43. The Bertz CT molecular complexity index is 682. The first-order chi connectivity index (χ1) is 11.5. The van der Waals surface area contributed by atoms with Gasteiger partial charge in [-0.1, -0.05) is 24.3 Å². The predicted molar refractivity (Wildman–Crippen MR) is 95.3 cm³/mol. The normalized spacial score (nSPS) is 10.3. The van der Waals surface area contributed by atoms with E-state index >= 15 is 0 Å². The second-order valence-electron chi connectivity index (χ2n) is 5.67. The van der Waals surface area contributed by atoms with E-state index in [1.807, 2.05) is 37.3 Å². The van der Waals surface area contributed by atoms with E-state index in [1.165, 1.54) is 0 Å². The molecule has 2 aromatic rings. The number of benzene rings is 2. The zero-order chi connectivity index (χ0) is 17.5. The molecule has 0 aliphatic carbocycles. The molecule has 24 heavy (non-hydrogen) atoms. The molecule has 128 valence electrons. The molecule has 5 heteroatoms. The Balaban J connectivity index is 2.14. The molecule has 2 N–H and O–H groups in total. The molecule has 0 aliphatic rings. The first-order valence-electron chi connectivity index (χ1n) is 7.96. The summed E-state index contributed by atoms with van der Waals surface area (Å²) in [5.74, 6) is 0.610. The van der Waals surface area contributed by atoms with E-state index < -0.39 is 0 Å². The van der Waals surface area contributed by atoms with E-state index in [1.54, 1.807) is 31.1 Å². The molecule has 0 bridgehead atoms. The van der Waals surface area contributed by atoms with E-state index in [4.69, 9.17) is 9.84 Å². The van der Waals surface area contributed by atoms with Crippen LogP contribution < -0.4 is 10.1 Å². The fourth-order valence-electron chi connectivity index (χ4n) is 2.29. The lowest BCUT2D eigenvalue weighted by atomic mass is 10.1. The summed E-state index contributed by atoms with van der Waals surface area (Å²) in [5, 5.41) is 12.4. The SMILES string of the molecule is CCOc1cc(C(=O)N(C)C)ccc1NCc1ccc(CO)cc1. The van der Waals surface area contributed by atoms with Crippen molar-refractivity contribution in [1.82, 2.24) is 4.90 Å². The average molecular weight is 328 g/mol. The van der Waals surface area contributed by atoms with Gasteiger partial charge in [0.2, 0.25) is 0 Å². The second-order valence-corrected chi connectivity index (χ2v) is 5.67. The van der Waals surface area contributed by atoms with Crippen LogP contribution in [-0.4, -0.2) is 36.6 Å². The van der Waals surface area contributed by atoms with Gasteiger partial charge in [0.05, 0.1) is 18.9 Å². The van der Waals surface area contributed by atoms with Gasteiger partial charge in [-0.15, -0.1) is 0 Å². The topological polar surface area (TPSA) is 61.8 Å². The van der Waals surface area contributed by atoms with Crippen molar-refractivity contribution in [2.75, 3.05) is 26.0 Å². The molecular weight excluding hydrogens is 304 g/mol. The van der Waals surface area contributed by atoms with Crippen molar-refractivity contribution in [1.29, 1.82) is 0 Å². The summed E-state index contributed by atoms with van der Waals surface area (Å²) in [6, 6.07) is 13.2. The number of anilines is 1. The first kappa shape index (κ1) is 17.8. The van der Waals surface area contributed by atoms with Gasteiger partial charge in [-0.25, -0.2) is 0 Å². The highest BCUT2D eigenvalue weighted by atomic mass is 16.5. The van der Waals surface area contributed by atoms with E-state index in [9.17, 15) is 4.79 Å². The maximum Gasteiger partial charge on any atom is 0.253 e. The van der Waals surface area contributed by atoms with E-state index in [0.29, 0.717) is 24.5 Å². The maximum absolute atomic E-state index is 12.1. The standard InChI is InChI=1S/C19H24N2O3/c1-4-24-18-11-16(19(23)21(2)3)9-10-17(18)20-12-14-5-7-15(13-22)8-6-14/h5-11,20,22H,4,12-13H2,1-3H3. The first-order valence-corrected chi connectivity index (χ1v) is 7.96. The Morgan fingerprint density at radius 3 is 2.38 bits per heavy atom. The number of nitrogens with one attached hydrogen (secondary N) is 1. The van der Waals surface area contributed by atoms with Gasteiger partial charge in [0.1, 0.15) is 5.75 Å². The van der Waals surface area contributed by atoms with Crippen LogP contribution in [0.15, 0.2) is 42.5 Å². The third-order valence-corrected chi connectivity index (χ3v) is 3.62. The van der Waals surface area contributed by atoms with Crippen molar-refractivity contribution in [2.45, 2.75) is 20.1 Å². The number of ether oxygens (including phenoxy) is 1. The van der Waals surface area contributed by atoms with Gasteiger partial charge in [-0.05, 0) is 36.2 Å². The Kier molecular flexibility index (Phi) is 6.21. The molecule has 0 atom stereocenters. The Morgan fingerprint density at radius 2 is 1.79 bits per heavy atom. The summed E-state index contributed by atoms with van der Waals surface area (Å²) in [6.45, 7) is 3.12. The number of hydrogen-bond donors (Lipinski definition) is 2. The van der Waals surface area contributed by atoms with Crippen molar-refractivity contribution in [3.63, 3.8) is 0 Å². The van der Waals surface area contributed by atoms with Crippen molar-refractivity contribution >= 4 is 11.6 Å². The summed E-state index contributed by atoms with van der Waals surface area (Å²) >= 11 is 0. The Hall–Kier alpha value is -2.53. The minimum absolute atomic E-state index is 0.0452. The number of nitrogens with zero attached hydrogens (tertiary/aromatic N) is 1. The van der Waals surface area contributed by atoms with Crippen LogP contribution in [0.2, 0.25) is 0 Å². The molecule has 0 heterocycles. The van der Waals surface area contributed by atoms with Crippen molar-refractivity contribution in [3.05, 3.63) is 59.2 Å². The van der Waals surface area contributed by atoms with Crippen molar-refractivity contribution < 1.29 is 14.6 Å². The third-order valence-electron chi connectivity index (χ3n) is 3.62. The van der Waals surface area contributed by atoms with Crippen LogP contribution in [-0.2, 0) is 13.2 Å². The van der Waals surface area contributed by atoms with Crippen LogP contribution in [0.3, 0.4) is 0 Å². The number of aliphatic hydroxyl groups excluding tert-OH is 1. The number of hydrogen-bond acceptors (Lipinski definition) is 4. The van der Waals surface area contributed by atoms with Crippen LogP contribution in [0.1, 0.15) is 28.4 Å². The lowest BCUT2D eigenvalue weighted by Crippen LogP contribution is -2.21. The molecule has 0 fully saturated rings. The third kappa shape index (κ3) is 4.49. The molecule has 0 aliphatic heterocycles. The molecule has 5 nitrogen and oxygen atoms in total. The zero-order valence-corrected chi connectivity index (χ0v) is 14.4. The molecular formula is C19H24N2O3. The predicted octanol–water partition coefficient (Wildman–Crippen LogP) is 2.89. The lowest BCUT2D eigenvalue weighted by molar-refractivity contribution is 0.0827. The maximum atomic E-state index is 12.1. The number of rotatable bonds is 7. The minimum Gasteiger partial charge on any atom is -0.492 e. The molecule has 1 amide bonds. The molecule has 2 aromatic carbocycles. The van der Waals surface area contributed by atoms with Gasteiger partial charge >= 0.3 is 0 Å². The minimum atomic E-state index is -0.0536. The van der Waals surface area contributed by atoms with Gasteiger partial charge < -0.3 is 20.1 Å². The summed E-state index contributed by atoms with van der Waals surface area (Å²) < 4.78 is 5.67. The van der Waals surface area contributed by atoms with Crippen LogP contribution in [0.4, 0.5) is 5.69 Å². The smallest absolute Gasteiger partial charge is 0.253 e. The summed E-state index contributed by atoms with van der Waals surface area (Å²) in [7, 11) is 3.45. The zero-order valence-electron chi connectivity index (χ0n) is 14.4. The van der Waals surface area contributed by atoms with Gasteiger partial charge in [0, 0.05) is 26.2 Å². The van der Waals surface area contributed by atoms with Crippen molar-refractivity contribution in [2.24, 2.45) is 0 Å². The monoisotopic (exact) mass is 328 g/mol. The van der Waals surface area contributed by atoms with Crippen LogP contribution in [0.5, 0.6) is 5.75 Å². The number of carbonyl (C=O) groups excluding carboxylic acids is 1. The second kappa shape index (κ2) is 8.36. The number of amides is 1.